The number of aromatic nitrogens is 1. The minimum Gasteiger partial charge on any atom is -0.385 e. The first-order valence-corrected chi connectivity index (χ1v) is 7.17. The molecule has 0 spiro atoms. The molecule has 0 aliphatic heterocycles. The molecule has 1 aromatic heterocycles. The molecule has 0 saturated heterocycles. The monoisotopic (exact) mass is 262 g/mol. The van der Waals surface area contributed by atoms with Crippen molar-refractivity contribution in [2.24, 2.45) is 0 Å². The number of pyridine rings is 1. The molecule has 0 fully saturated rings. The summed E-state index contributed by atoms with van der Waals surface area (Å²) in [5.41, 5.74) is 8.06. The lowest BCUT2D eigenvalue weighted by Gasteiger charge is -2.07. The van der Waals surface area contributed by atoms with E-state index in [1.165, 1.54) is 0 Å². The number of fused-ring (bicyclic) bond motifs is 1. The first-order valence-electron chi connectivity index (χ1n) is 6.02. The van der Waals surface area contributed by atoms with Gasteiger partial charge in [0.05, 0.1) is 5.52 Å². The third-order valence-electron chi connectivity index (χ3n) is 2.73. The van der Waals surface area contributed by atoms with Crippen LogP contribution in [0.15, 0.2) is 30.3 Å². The van der Waals surface area contributed by atoms with E-state index in [0.29, 0.717) is 5.82 Å². The van der Waals surface area contributed by atoms with E-state index < -0.39 is 0 Å². The van der Waals surface area contributed by atoms with Crippen molar-refractivity contribution in [1.82, 2.24) is 4.98 Å². The lowest BCUT2D eigenvalue weighted by Crippen LogP contribution is -1.98. The average Bonchev–Trinajstić information content (AvgIpc) is 2.39. The molecule has 4 heteroatoms. The van der Waals surface area contributed by atoms with Crippen LogP contribution < -0.4 is 5.73 Å². The number of benzene rings is 1. The number of ether oxygens (including phenoxy) is 1. The number of anilines is 1. The van der Waals surface area contributed by atoms with Gasteiger partial charge in [-0.25, -0.2) is 4.98 Å². The highest BCUT2D eigenvalue weighted by Gasteiger charge is 2.03. The quantitative estimate of drug-likeness (QED) is 0.813. The lowest BCUT2D eigenvalue weighted by molar-refractivity contribution is 0.200. The highest BCUT2D eigenvalue weighted by Crippen LogP contribution is 2.22. The number of thioether (sulfide) groups is 1. The van der Waals surface area contributed by atoms with Gasteiger partial charge >= 0.3 is 0 Å². The fraction of sp³-hybridized carbons (Fsp3) is 0.357. The zero-order valence-corrected chi connectivity index (χ0v) is 11.4. The van der Waals surface area contributed by atoms with Crippen LogP contribution in [0.25, 0.3) is 10.9 Å². The second-order valence-corrected chi connectivity index (χ2v) is 5.23. The molecule has 0 amide bonds. The number of nitrogens with zero attached hydrogens (tertiary/aromatic N) is 1. The van der Waals surface area contributed by atoms with Crippen LogP contribution in [0.3, 0.4) is 0 Å². The number of methoxy groups -OCH3 is 1. The number of nitrogen functional groups attached to an aromatic ring is 1. The fourth-order valence-electron chi connectivity index (χ4n) is 1.78. The fourth-order valence-corrected chi connectivity index (χ4v) is 2.70. The first-order chi connectivity index (χ1) is 8.81. The van der Waals surface area contributed by atoms with Crippen LogP contribution in [0, 0.1) is 0 Å². The number of hydrogen-bond acceptors (Lipinski definition) is 4. The van der Waals surface area contributed by atoms with Crippen LogP contribution >= 0.6 is 11.8 Å². The molecule has 3 nitrogen and oxygen atoms in total. The predicted octanol–water partition coefficient (Wildman–Crippen LogP) is 3.09. The van der Waals surface area contributed by atoms with E-state index in [2.05, 4.69) is 17.1 Å². The SMILES string of the molecule is COCCCSCc1cc2ccccc2nc1N. The Labute approximate surface area is 112 Å². The van der Waals surface area contributed by atoms with E-state index in [1.807, 2.05) is 30.0 Å². The van der Waals surface area contributed by atoms with E-state index >= 15 is 0 Å². The molecular formula is C14H18N2OS. The first kappa shape index (κ1) is 13.2. The van der Waals surface area contributed by atoms with E-state index in [0.717, 1.165) is 41.0 Å². The summed E-state index contributed by atoms with van der Waals surface area (Å²) >= 11 is 1.87. The second kappa shape index (κ2) is 6.61. The zero-order valence-electron chi connectivity index (χ0n) is 10.6. The summed E-state index contributed by atoms with van der Waals surface area (Å²) in [7, 11) is 1.73. The summed E-state index contributed by atoms with van der Waals surface area (Å²) in [5, 5.41) is 1.15. The van der Waals surface area contributed by atoms with Gasteiger partial charge in [-0.3, -0.25) is 0 Å². The smallest absolute Gasteiger partial charge is 0.128 e. The van der Waals surface area contributed by atoms with Gasteiger partial charge in [-0.1, -0.05) is 18.2 Å². The van der Waals surface area contributed by atoms with E-state index in [4.69, 9.17) is 10.5 Å². The van der Waals surface area contributed by atoms with Gasteiger partial charge < -0.3 is 10.5 Å². The second-order valence-electron chi connectivity index (χ2n) is 4.12. The minimum absolute atomic E-state index is 0.646. The van der Waals surface area contributed by atoms with Crippen LogP contribution in [0.2, 0.25) is 0 Å². The van der Waals surface area contributed by atoms with Gasteiger partial charge in [0, 0.05) is 30.4 Å². The normalized spacial score (nSPS) is 10.9. The minimum atomic E-state index is 0.646. The molecular weight excluding hydrogens is 244 g/mol. The topological polar surface area (TPSA) is 48.1 Å². The van der Waals surface area contributed by atoms with Crippen molar-refractivity contribution >= 4 is 28.5 Å². The average molecular weight is 262 g/mol. The Balaban J connectivity index is 2.01. The third kappa shape index (κ3) is 3.37. The maximum atomic E-state index is 5.98. The summed E-state index contributed by atoms with van der Waals surface area (Å²) in [5.74, 6) is 2.64. The van der Waals surface area contributed by atoms with Crippen molar-refractivity contribution < 1.29 is 4.74 Å². The van der Waals surface area contributed by atoms with Gasteiger partial charge in [0.15, 0.2) is 0 Å². The molecule has 0 bridgehead atoms. The Morgan fingerprint density at radius 3 is 3.00 bits per heavy atom. The molecule has 18 heavy (non-hydrogen) atoms. The van der Waals surface area contributed by atoms with E-state index in [-0.39, 0.29) is 0 Å². The maximum absolute atomic E-state index is 5.98. The molecule has 96 valence electrons. The van der Waals surface area contributed by atoms with Crippen molar-refractivity contribution in [3.8, 4) is 0 Å². The standard InChI is InChI=1S/C14H18N2OS/c1-17-7-4-8-18-10-12-9-11-5-2-3-6-13(11)16-14(12)15/h2-3,5-6,9H,4,7-8,10H2,1H3,(H2,15,16). The molecule has 2 N–H and O–H groups in total. The van der Waals surface area contributed by atoms with E-state index in [1.54, 1.807) is 7.11 Å². The Kier molecular flexibility index (Phi) is 4.84. The lowest BCUT2D eigenvalue weighted by atomic mass is 10.1. The number of nitrogens with two attached hydrogens (primary N) is 1. The summed E-state index contributed by atoms with van der Waals surface area (Å²) in [6.45, 7) is 0.818. The molecule has 0 aliphatic carbocycles. The van der Waals surface area contributed by atoms with Gasteiger partial charge in [0.1, 0.15) is 5.82 Å². The largest absolute Gasteiger partial charge is 0.385 e. The molecule has 0 aliphatic rings. The number of para-hydroxylation sites is 1. The van der Waals surface area contributed by atoms with E-state index in [9.17, 15) is 0 Å². The molecule has 0 radical (unpaired) electrons. The summed E-state index contributed by atoms with van der Waals surface area (Å²) < 4.78 is 5.03. The Hall–Kier alpha value is -1.26. The van der Waals surface area contributed by atoms with Gasteiger partial charge in [0.2, 0.25) is 0 Å². The van der Waals surface area contributed by atoms with Crippen LogP contribution in [0.1, 0.15) is 12.0 Å². The molecule has 0 saturated carbocycles. The maximum Gasteiger partial charge on any atom is 0.128 e. The van der Waals surface area contributed by atoms with Crippen molar-refractivity contribution in [3.05, 3.63) is 35.9 Å². The number of hydrogen-bond donors (Lipinski definition) is 1. The summed E-state index contributed by atoms with van der Waals surface area (Å²) in [4.78, 5) is 4.43. The number of rotatable bonds is 6. The summed E-state index contributed by atoms with van der Waals surface area (Å²) in [6, 6.07) is 10.2. The van der Waals surface area contributed by atoms with Crippen LogP contribution in [0.4, 0.5) is 5.82 Å². The van der Waals surface area contributed by atoms with Gasteiger partial charge in [-0.2, -0.15) is 11.8 Å². The van der Waals surface area contributed by atoms with Crippen molar-refractivity contribution in [1.29, 1.82) is 0 Å². The van der Waals surface area contributed by atoms with Crippen LogP contribution in [-0.2, 0) is 10.5 Å². The van der Waals surface area contributed by atoms with Gasteiger partial charge in [0.25, 0.3) is 0 Å². The summed E-state index contributed by atoms with van der Waals surface area (Å²) in [6.07, 6.45) is 1.07. The molecule has 1 aromatic carbocycles. The van der Waals surface area contributed by atoms with Crippen molar-refractivity contribution in [2.75, 3.05) is 25.2 Å². The molecule has 0 unspecified atom stereocenters. The van der Waals surface area contributed by atoms with Crippen molar-refractivity contribution in [2.45, 2.75) is 12.2 Å². The Morgan fingerprint density at radius 2 is 2.17 bits per heavy atom. The molecule has 2 rings (SSSR count). The third-order valence-corrected chi connectivity index (χ3v) is 3.82. The molecule has 1 heterocycles. The molecule has 0 atom stereocenters. The van der Waals surface area contributed by atoms with Crippen LogP contribution in [-0.4, -0.2) is 24.5 Å². The van der Waals surface area contributed by atoms with Crippen molar-refractivity contribution in [3.63, 3.8) is 0 Å². The van der Waals surface area contributed by atoms with Gasteiger partial charge in [-0.15, -0.1) is 0 Å². The van der Waals surface area contributed by atoms with Gasteiger partial charge in [-0.05, 0) is 24.3 Å². The highest BCUT2D eigenvalue weighted by atomic mass is 32.2. The molecule has 2 aromatic rings. The Bertz CT molecular complexity index is 516. The highest BCUT2D eigenvalue weighted by molar-refractivity contribution is 7.98. The predicted molar refractivity (Wildman–Crippen MR) is 78.8 cm³/mol. The van der Waals surface area contributed by atoms with Crippen LogP contribution in [0.5, 0.6) is 0 Å². The Morgan fingerprint density at radius 1 is 1.33 bits per heavy atom. The zero-order chi connectivity index (χ0) is 12.8.